The predicted molar refractivity (Wildman–Crippen MR) is 83.7 cm³/mol. The van der Waals surface area contributed by atoms with Crippen molar-refractivity contribution in [2.24, 2.45) is 0 Å². The second kappa shape index (κ2) is 6.94. The number of hydrogen-bond donors (Lipinski definition) is 3. The minimum atomic E-state index is -0.555. The lowest BCUT2D eigenvalue weighted by Gasteiger charge is -2.04. The highest BCUT2D eigenvalue weighted by Gasteiger charge is 2.14. The van der Waals surface area contributed by atoms with Gasteiger partial charge in [0.1, 0.15) is 0 Å². The number of nitrogens with one attached hydrogen (secondary N) is 2. The Bertz CT molecular complexity index is 682. The highest BCUT2D eigenvalue weighted by molar-refractivity contribution is 7.99. The van der Waals surface area contributed by atoms with Gasteiger partial charge >= 0.3 is 6.03 Å². The largest absolute Gasteiger partial charge is 0.341 e. The van der Waals surface area contributed by atoms with Crippen LogP contribution in [0.25, 0.3) is 11.4 Å². The van der Waals surface area contributed by atoms with Crippen LogP contribution in [-0.2, 0) is 4.79 Å². The zero-order valence-corrected chi connectivity index (χ0v) is 13.0. The first-order chi connectivity index (χ1) is 10.5. The molecule has 0 saturated heterocycles. The van der Waals surface area contributed by atoms with Gasteiger partial charge in [-0.25, -0.2) is 9.47 Å². The first kappa shape index (κ1) is 15.8. The molecule has 0 atom stereocenters. The van der Waals surface area contributed by atoms with E-state index in [1.807, 2.05) is 31.2 Å². The smallest absolute Gasteiger partial charge is 0.321 e. The molecule has 1 aromatic carbocycles. The van der Waals surface area contributed by atoms with Crippen LogP contribution in [0.15, 0.2) is 29.4 Å². The number of thioether (sulfide) groups is 1. The molecule has 2 rings (SSSR count). The van der Waals surface area contributed by atoms with Crippen molar-refractivity contribution in [2.75, 3.05) is 18.6 Å². The van der Waals surface area contributed by atoms with Gasteiger partial charge in [-0.05, 0) is 6.92 Å². The third-order valence-electron chi connectivity index (χ3n) is 2.79. The van der Waals surface area contributed by atoms with E-state index in [1.54, 1.807) is 0 Å². The van der Waals surface area contributed by atoms with E-state index in [0.29, 0.717) is 11.0 Å². The molecular weight excluding hydrogens is 304 g/mol. The molecule has 1 heterocycles. The Labute approximate surface area is 131 Å². The number of imide groups is 1. The number of aryl methyl sites for hydroxylation is 1. The van der Waals surface area contributed by atoms with Crippen LogP contribution in [0, 0.1) is 6.92 Å². The summed E-state index contributed by atoms with van der Waals surface area (Å²) < 4.78 is 1.32. The fourth-order valence-electron chi connectivity index (χ4n) is 1.63. The summed E-state index contributed by atoms with van der Waals surface area (Å²) in [6.45, 7) is 1.99. The second-order valence-electron chi connectivity index (χ2n) is 4.46. The predicted octanol–water partition coefficient (Wildman–Crippen LogP) is 0.515. The number of amides is 3. The Morgan fingerprint density at radius 3 is 2.59 bits per heavy atom. The van der Waals surface area contributed by atoms with Crippen molar-refractivity contribution >= 4 is 23.7 Å². The van der Waals surface area contributed by atoms with E-state index in [1.165, 1.54) is 11.7 Å². The topological polar surface area (TPSA) is 115 Å². The fraction of sp³-hybridized carbons (Fsp3) is 0.231. The van der Waals surface area contributed by atoms with Crippen LogP contribution in [0.5, 0.6) is 0 Å². The third kappa shape index (κ3) is 3.76. The third-order valence-corrected chi connectivity index (χ3v) is 3.73. The van der Waals surface area contributed by atoms with Crippen LogP contribution in [0.3, 0.4) is 0 Å². The van der Waals surface area contributed by atoms with Crippen molar-refractivity contribution < 1.29 is 9.59 Å². The minimum absolute atomic E-state index is 0.0106. The molecule has 0 saturated carbocycles. The first-order valence-electron chi connectivity index (χ1n) is 6.43. The van der Waals surface area contributed by atoms with E-state index in [0.717, 1.165) is 22.9 Å². The average Bonchev–Trinajstić information content (AvgIpc) is 2.87. The monoisotopic (exact) mass is 320 g/mol. The van der Waals surface area contributed by atoms with Crippen LogP contribution in [0.2, 0.25) is 0 Å². The van der Waals surface area contributed by atoms with Crippen LogP contribution in [-0.4, -0.2) is 39.6 Å². The lowest BCUT2D eigenvalue weighted by atomic mass is 10.1. The lowest BCUT2D eigenvalue weighted by Crippen LogP contribution is -2.38. The van der Waals surface area contributed by atoms with E-state index >= 15 is 0 Å². The molecule has 0 fully saturated rings. The molecule has 0 bridgehead atoms. The highest BCUT2D eigenvalue weighted by atomic mass is 32.2. The molecule has 0 aliphatic carbocycles. The molecule has 0 radical (unpaired) electrons. The van der Waals surface area contributed by atoms with Crippen molar-refractivity contribution in [1.82, 2.24) is 25.5 Å². The van der Waals surface area contributed by atoms with E-state index < -0.39 is 11.9 Å². The van der Waals surface area contributed by atoms with Crippen molar-refractivity contribution in [3.8, 4) is 11.4 Å². The maximum absolute atomic E-state index is 11.5. The quantitative estimate of drug-likeness (QED) is 0.559. The van der Waals surface area contributed by atoms with E-state index in [-0.39, 0.29) is 5.75 Å². The van der Waals surface area contributed by atoms with Gasteiger partial charge in [0.2, 0.25) is 11.1 Å². The zero-order valence-electron chi connectivity index (χ0n) is 12.2. The zero-order chi connectivity index (χ0) is 16.1. The van der Waals surface area contributed by atoms with Crippen LogP contribution in [0.4, 0.5) is 4.79 Å². The molecule has 22 heavy (non-hydrogen) atoms. The van der Waals surface area contributed by atoms with Crippen molar-refractivity contribution in [3.63, 3.8) is 0 Å². The average molecular weight is 320 g/mol. The summed E-state index contributed by atoms with van der Waals surface area (Å²) in [5.41, 5.74) is 1.97. The van der Waals surface area contributed by atoms with E-state index in [4.69, 9.17) is 5.84 Å². The molecule has 0 aliphatic rings. The van der Waals surface area contributed by atoms with Gasteiger partial charge in [-0.3, -0.25) is 10.1 Å². The SMILES string of the molecule is CNC(=O)NC(=O)CSc1nnc(-c2ccc(C)cc2)n1N. The number of nitrogen functional groups attached to an aromatic ring is 1. The summed E-state index contributed by atoms with van der Waals surface area (Å²) >= 11 is 1.10. The van der Waals surface area contributed by atoms with Gasteiger partial charge in [-0.1, -0.05) is 41.6 Å². The number of hydrogen-bond acceptors (Lipinski definition) is 6. The molecular formula is C13H16N6O2S. The standard InChI is InChI=1S/C13H16N6O2S/c1-8-3-5-9(6-4-8)11-17-18-13(19(11)14)22-7-10(20)16-12(21)15-2/h3-6H,7,14H2,1-2H3,(H2,15,16,20,21). The van der Waals surface area contributed by atoms with Gasteiger partial charge in [-0.15, -0.1) is 10.2 Å². The summed E-state index contributed by atoms with van der Waals surface area (Å²) in [4.78, 5) is 22.5. The van der Waals surface area contributed by atoms with Crippen molar-refractivity contribution in [3.05, 3.63) is 29.8 Å². The van der Waals surface area contributed by atoms with Crippen LogP contribution < -0.4 is 16.5 Å². The van der Waals surface area contributed by atoms with Crippen molar-refractivity contribution in [1.29, 1.82) is 0 Å². The lowest BCUT2D eigenvalue weighted by molar-refractivity contribution is -0.117. The van der Waals surface area contributed by atoms with Gasteiger partial charge < -0.3 is 11.2 Å². The van der Waals surface area contributed by atoms with Crippen molar-refractivity contribution in [2.45, 2.75) is 12.1 Å². The van der Waals surface area contributed by atoms with Crippen LogP contribution in [0.1, 0.15) is 5.56 Å². The molecule has 2 aromatic rings. The maximum atomic E-state index is 11.5. The number of carbonyl (C=O) groups excluding carboxylic acids is 2. The normalized spacial score (nSPS) is 10.3. The number of nitrogens with two attached hydrogens (primary N) is 1. The molecule has 8 nitrogen and oxygen atoms in total. The van der Waals surface area contributed by atoms with E-state index in [2.05, 4.69) is 20.8 Å². The minimum Gasteiger partial charge on any atom is -0.341 e. The summed E-state index contributed by atoms with van der Waals surface area (Å²) in [6.07, 6.45) is 0. The molecule has 1 aromatic heterocycles. The molecule has 0 aliphatic heterocycles. The first-order valence-corrected chi connectivity index (χ1v) is 7.41. The summed E-state index contributed by atoms with van der Waals surface area (Å²) in [7, 11) is 1.43. The van der Waals surface area contributed by atoms with Gasteiger partial charge in [0, 0.05) is 12.6 Å². The van der Waals surface area contributed by atoms with E-state index in [9.17, 15) is 9.59 Å². The molecule has 116 valence electrons. The second-order valence-corrected chi connectivity index (χ2v) is 5.40. The molecule has 3 amide bonds. The van der Waals surface area contributed by atoms with Gasteiger partial charge in [0.05, 0.1) is 5.75 Å². The Hall–Kier alpha value is -2.55. The highest BCUT2D eigenvalue weighted by Crippen LogP contribution is 2.21. The molecule has 4 N–H and O–H groups in total. The number of urea groups is 1. The molecule has 9 heteroatoms. The summed E-state index contributed by atoms with van der Waals surface area (Å²) in [6, 6.07) is 7.15. The number of benzene rings is 1. The summed E-state index contributed by atoms with van der Waals surface area (Å²) in [5.74, 6) is 6.03. The van der Waals surface area contributed by atoms with Gasteiger partial charge in [0.25, 0.3) is 0 Å². The van der Waals surface area contributed by atoms with Crippen LogP contribution >= 0.6 is 11.8 Å². The number of carbonyl (C=O) groups is 2. The summed E-state index contributed by atoms with van der Waals surface area (Å²) in [5, 5.41) is 12.8. The fourth-order valence-corrected chi connectivity index (χ4v) is 2.29. The van der Waals surface area contributed by atoms with Gasteiger partial charge in [-0.2, -0.15) is 0 Å². The Morgan fingerprint density at radius 2 is 1.95 bits per heavy atom. The Morgan fingerprint density at radius 1 is 1.27 bits per heavy atom. The maximum Gasteiger partial charge on any atom is 0.321 e. The number of nitrogens with zero attached hydrogens (tertiary/aromatic N) is 3. The van der Waals surface area contributed by atoms with Gasteiger partial charge in [0.15, 0.2) is 5.82 Å². The Balaban J connectivity index is 2.03. The Kier molecular flexibility index (Phi) is 4.99. The molecule has 0 spiro atoms. The number of aromatic nitrogens is 3. The number of rotatable bonds is 4. The molecule has 0 unspecified atom stereocenters.